The van der Waals surface area contributed by atoms with Gasteiger partial charge in [-0.25, -0.2) is 13.4 Å². The van der Waals surface area contributed by atoms with Crippen LogP contribution in [-0.4, -0.2) is 47.4 Å². The number of pyridine rings is 1. The van der Waals surface area contributed by atoms with E-state index in [2.05, 4.69) is 4.98 Å². The van der Waals surface area contributed by atoms with Gasteiger partial charge in [-0.05, 0) is 12.1 Å². The summed E-state index contributed by atoms with van der Waals surface area (Å²) in [5, 5.41) is 9.54. The normalized spacial score (nSPS) is 24.5. The van der Waals surface area contributed by atoms with Crippen LogP contribution in [0.5, 0.6) is 0 Å². The van der Waals surface area contributed by atoms with Gasteiger partial charge in [-0.1, -0.05) is 0 Å². The molecule has 1 aliphatic rings. The molecule has 9 heteroatoms. The van der Waals surface area contributed by atoms with E-state index in [1.807, 2.05) is 0 Å². The predicted molar refractivity (Wildman–Crippen MR) is 66.1 cm³/mol. The lowest BCUT2D eigenvalue weighted by atomic mass is 10.2. The van der Waals surface area contributed by atoms with Crippen molar-refractivity contribution < 1.29 is 18.3 Å². The summed E-state index contributed by atoms with van der Waals surface area (Å²) in [6.07, 6.45) is 0.415. The van der Waals surface area contributed by atoms with Crippen molar-refractivity contribution in [2.24, 2.45) is 5.73 Å². The minimum Gasteiger partial charge on any atom is -0.392 e. The van der Waals surface area contributed by atoms with Crippen molar-refractivity contribution in [3.05, 3.63) is 18.3 Å². The number of amides is 1. The van der Waals surface area contributed by atoms with Crippen LogP contribution in [0.3, 0.4) is 0 Å². The highest BCUT2D eigenvalue weighted by atomic mass is 32.2. The zero-order valence-corrected chi connectivity index (χ0v) is 10.7. The maximum Gasteiger partial charge on any atom is 0.247 e. The maximum absolute atomic E-state index is 12.4. The predicted octanol–water partition coefficient (Wildman–Crippen LogP) is -1.73. The molecular formula is C10H14N4O4S. The van der Waals surface area contributed by atoms with Gasteiger partial charge in [-0.15, -0.1) is 0 Å². The van der Waals surface area contributed by atoms with Gasteiger partial charge in [0.15, 0.2) is 0 Å². The van der Waals surface area contributed by atoms with Crippen LogP contribution in [0, 0.1) is 0 Å². The Kier molecular flexibility index (Phi) is 3.43. The number of aromatic nitrogens is 1. The number of rotatable bonds is 3. The lowest BCUT2D eigenvalue weighted by Crippen LogP contribution is -2.43. The monoisotopic (exact) mass is 286 g/mol. The summed E-state index contributed by atoms with van der Waals surface area (Å²) in [6, 6.07) is 1.65. The van der Waals surface area contributed by atoms with E-state index < -0.39 is 28.1 Å². The van der Waals surface area contributed by atoms with Gasteiger partial charge in [0, 0.05) is 19.2 Å². The second-order valence-electron chi connectivity index (χ2n) is 4.27. The van der Waals surface area contributed by atoms with Crippen LogP contribution in [-0.2, 0) is 14.8 Å². The third-order valence-electron chi connectivity index (χ3n) is 2.95. The summed E-state index contributed by atoms with van der Waals surface area (Å²) in [4.78, 5) is 14.8. The standard InChI is InChI=1S/C10H14N4O4S/c11-9-8(2-1-3-13-9)19(17,18)14-5-6(15)4-7(14)10(12)16/h1-3,6-7,15H,4-5H2,(H2,11,13)(H2,12,16). The topological polar surface area (TPSA) is 140 Å². The molecule has 0 radical (unpaired) electrons. The van der Waals surface area contributed by atoms with Crippen LogP contribution in [0.25, 0.3) is 0 Å². The molecule has 5 N–H and O–H groups in total. The van der Waals surface area contributed by atoms with Crippen LogP contribution >= 0.6 is 0 Å². The Balaban J connectivity index is 2.45. The molecule has 2 heterocycles. The first-order valence-electron chi connectivity index (χ1n) is 5.53. The van der Waals surface area contributed by atoms with Gasteiger partial charge >= 0.3 is 0 Å². The lowest BCUT2D eigenvalue weighted by Gasteiger charge is -2.21. The van der Waals surface area contributed by atoms with E-state index in [0.29, 0.717) is 0 Å². The van der Waals surface area contributed by atoms with Crippen LogP contribution in [0.4, 0.5) is 5.82 Å². The summed E-state index contributed by atoms with van der Waals surface area (Å²) in [5.41, 5.74) is 10.7. The Hall–Kier alpha value is -1.71. The number of β-amino-alcohol motifs (C(OH)–C–C–N with tert-alkyl or cyclic N) is 1. The first-order valence-corrected chi connectivity index (χ1v) is 6.97. The highest BCUT2D eigenvalue weighted by Gasteiger charge is 2.43. The van der Waals surface area contributed by atoms with E-state index >= 15 is 0 Å². The van der Waals surface area contributed by atoms with E-state index in [1.165, 1.54) is 18.3 Å². The molecule has 1 fully saturated rings. The molecule has 1 amide bonds. The van der Waals surface area contributed by atoms with Crippen molar-refractivity contribution in [1.29, 1.82) is 0 Å². The fraction of sp³-hybridized carbons (Fsp3) is 0.400. The first-order chi connectivity index (χ1) is 8.84. The van der Waals surface area contributed by atoms with Gasteiger partial charge in [0.05, 0.1) is 6.10 Å². The Bertz CT molecular complexity index is 603. The molecule has 0 aliphatic carbocycles. The molecule has 2 unspecified atom stereocenters. The Morgan fingerprint density at radius 3 is 2.79 bits per heavy atom. The second kappa shape index (κ2) is 4.76. The molecule has 0 aromatic carbocycles. The SMILES string of the molecule is NC(=O)C1CC(O)CN1S(=O)(=O)c1cccnc1N. The minimum atomic E-state index is -4.01. The first kappa shape index (κ1) is 13.7. The average molecular weight is 286 g/mol. The van der Waals surface area contributed by atoms with Crippen molar-refractivity contribution in [1.82, 2.24) is 9.29 Å². The van der Waals surface area contributed by atoms with E-state index in [4.69, 9.17) is 11.5 Å². The number of carbonyl (C=O) groups excluding carboxylic acids is 1. The molecule has 1 saturated heterocycles. The number of hydrogen-bond donors (Lipinski definition) is 3. The molecule has 0 saturated carbocycles. The van der Waals surface area contributed by atoms with Gasteiger partial charge in [-0.2, -0.15) is 4.31 Å². The van der Waals surface area contributed by atoms with Gasteiger partial charge in [0.1, 0.15) is 16.8 Å². The quantitative estimate of drug-likeness (QED) is 0.603. The number of nitrogens with zero attached hydrogens (tertiary/aromatic N) is 2. The Labute approximate surface area is 110 Å². The third-order valence-corrected chi connectivity index (χ3v) is 4.87. The van der Waals surface area contributed by atoms with E-state index in [9.17, 15) is 18.3 Å². The van der Waals surface area contributed by atoms with Crippen LogP contribution < -0.4 is 11.5 Å². The van der Waals surface area contributed by atoms with Crippen molar-refractivity contribution >= 4 is 21.7 Å². The van der Waals surface area contributed by atoms with Crippen LogP contribution in [0.15, 0.2) is 23.2 Å². The van der Waals surface area contributed by atoms with Gasteiger partial charge in [-0.3, -0.25) is 4.79 Å². The number of aliphatic hydroxyl groups is 1. The summed E-state index contributed by atoms with van der Waals surface area (Å²) < 4.78 is 25.7. The Morgan fingerprint density at radius 1 is 1.53 bits per heavy atom. The van der Waals surface area contributed by atoms with E-state index in [0.717, 1.165) is 4.31 Å². The van der Waals surface area contributed by atoms with Crippen molar-refractivity contribution in [2.75, 3.05) is 12.3 Å². The average Bonchev–Trinajstić information content (AvgIpc) is 2.72. The third kappa shape index (κ3) is 2.39. The lowest BCUT2D eigenvalue weighted by molar-refractivity contribution is -0.121. The summed E-state index contributed by atoms with van der Waals surface area (Å²) >= 11 is 0. The van der Waals surface area contributed by atoms with Gasteiger partial charge in [0.25, 0.3) is 0 Å². The molecule has 2 rings (SSSR count). The molecule has 0 spiro atoms. The van der Waals surface area contributed by atoms with Gasteiger partial charge in [0.2, 0.25) is 15.9 Å². The zero-order valence-electron chi connectivity index (χ0n) is 9.93. The fourth-order valence-corrected chi connectivity index (χ4v) is 3.77. The summed E-state index contributed by atoms with van der Waals surface area (Å²) in [6.45, 7) is -0.190. The molecule has 1 aromatic rings. The van der Waals surface area contributed by atoms with Crippen molar-refractivity contribution in [3.8, 4) is 0 Å². The highest BCUT2D eigenvalue weighted by molar-refractivity contribution is 7.89. The fourth-order valence-electron chi connectivity index (χ4n) is 2.06. The minimum absolute atomic E-state index is 0.0191. The number of primary amides is 1. The number of anilines is 1. The molecule has 2 atom stereocenters. The smallest absolute Gasteiger partial charge is 0.247 e. The molecule has 1 aliphatic heterocycles. The van der Waals surface area contributed by atoms with Gasteiger partial charge < -0.3 is 16.6 Å². The largest absolute Gasteiger partial charge is 0.392 e. The van der Waals surface area contributed by atoms with Crippen molar-refractivity contribution in [3.63, 3.8) is 0 Å². The number of carbonyl (C=O) groups is 1. The summed E-state index contributed by atoms with van der Waals surface area (Å²) in [5.74, 6) is -0.963. The highest BCUT2D eigenvalue weighted by Crippen LogP contribution is 2.28. The number of nitrogen functional groups attached to an aromatic ring is 1. The molecule has 1 aromatic heterocycles. The Morgan fingerprint density at radius 2 is 2.21 bits per heavy atom. The second-order valence-corrected chi connectivity index (χ2v) is 6.13. The zero-order chi connectivity index (χ0) is 14.2. The molecule has 0 bridgehead atoms. The molecule has 104 valence electrons. The molecule has 19 heavy (non-hydrogen) atoms. The number of nitrogens with two attached hydrogens (primary N) is 2. The van der Waals surface area contributed by atoms with E-state index in [-0.39, 0.29) is 23.7 Å². The van der Waals surface area contributed by atoms with E-state index in [1.54, 1.807) is 0 Å². The number of hydrogen-bond acceptors (Lipinski definition) is 6. The van der Waals surface area contributed by atoms with Crippen molar-refractivity contribution in [2.45, 2.75) is 23.5 Å². The number of aliphatic hydroxyl groups excluding tert-OH is 1. The molecule has 8 nitrogen and oxygen atoms in total. The number of sulfonamides is 1. The van der Waals surface area contributed by atoms with Crippen LogP contribution in [0.1, 0.15) is 6.42 Å². The molecular weight excluding hydrogens is 272 g/mol. The maximum atomic E-state index is 12.4. The summed E-state index contributed by atoms with van der Waals surface area (Å²) in [7, 11) is -4.01. The van der Waals surface area contributed by atoms with Crippen LogP contribution in [0.2, 0.25) is 0 Å².